The third kappa shape index (κ3) is 6.29. The Balaban J connectivity index is 1.45. The second-order valence-electron chi connectivity index (χ2n) is 11.7. The molecular formula is C34H34FN5O4. The number of Topliss-reactive ketones (excluding diaryl/α,β-unsaturated/α-hetero) is 1. The molecule has 1 N–H and O–H groups in total. The molecule has 3 aromatic carbocycles. The van der Waals surface area contributed by atoms with Crippen molar-refractivity contribution in [2.45, 2.75) is 39.2 Å². The van der Waals surface area contributed by atoms with Gasteiger partial charge in [-0.2, -0.15) is 0 Å². The first-order valence-electron chi connectivity index (χ1n) is 14.4. The summed E-state index contributed by atoms with van der Waals surface area (Å²) in [5.74, 6) is -1.03. The fraction of sp³-hybridized carbons (Fsp3) is 0.265. The van der Waals surface area contributed by atoms with Gasteiger partial charge in [0.15, 0.2) is 11.6 Å². The average Bonchev–Trinajstić information content (AvgIpc) is 3.00. The maximum Gasteiger partial charge on any atom is 0.293 e. The van der Waals surface area contributed by atoms with Gasteiger partial charge in [0.1, 0.15) is 5.78 Å². The quantitative estimate of drug-likeness (QED) is 0.312. The fourth-order valence-corrected chi connectivity index (χ4v) is 5.17. The van der Waals surface area contributed by atoms with Crippen molar-refractivity contribution < 1.29 is 18.8 Å². The summed E-state index contributed by atoms with van der Waals surface area (Å²) in [4.78, 5) is 58.5. The highest BCUT2D eigenvalue weighted by Gasteiger charge is 2.32. The van der Waals surface area contributed by atoms with Crippen molar-refractivity contribution in [1.82, 2.24) is 14.5 Å². The first kappa shape index (κ1) is 30.3. The normalized spacial score (nSPS) is 13.5. The lowest BCUT2D eigenvalue weighted by Crippen LogP contribution is -2.46. The van der Waals surface area contributed by atoms with Crippen LogP contribution >= 0.6 is 0 Å². The van der Waals surface area contributed by atoms with Crippen LogP contribution in [-0.2, 0) is 11.8 Å². The molecule has 1 aliphatic rings. The van der Waals surface area contributed by atoms with E-state index in [1.54, 1.807) is 78.7 Å². The topological polar surface area (TPSA) is 105 Å². The summed E-state index contributed by atoms with van der Waals surface area (Å²) in [7, 11) is 1.55. The molecule has 5 rings (SSSR count). The average molecular weight is 596 g/mol. The molecule has 226 valence electrons. The van der Waals surface area contributed by atoms with E-state index < -0.39 is 16.9 Å². The van der Waals surface area contributed by atoms with Gasteiger partial charge in [-0.1, -0.05) is 24.3 Å². The summed E-state index contributed by atoms with van der Waals surface area (Å²) in [6.07, 6.45) is 2.16. The lowest BCUT2D eigenvalue weighted by atomic mass is 10.0. The number of nitrogens with zero attached hydrogens (tertiary/aromatic N) is 4. The number of hydrogen-bond acceptors (Lipinski definition) is 6. The highest BCUT2D eigenvalue weighted by atomic mass is 19.1. The van der Waals surface area contributed by atoms with Gasteiger partial charge in [-0.05, 0) is 69.3 Å². The third-order valence-corrected chi connectivity index (χ3v) is 7.46. The second-order valence-corrected chi connectivity index (χ2v) is 11.7. The molecule has 0 atom stereocenters. The van der Waals surface area contributed by atoms with Crippen LogP contribution in [0.15, 0.2) is 83.8 Å². The third-order valence-electron chi connectivity index (χ3n) is 7.46. The standard InChI is InChI=1S/C34H34FN5O4/c1-34(2,3)40(32(43)22-9-6-5-7-10-22)28-12-8-11-26(29(28)35)27-21-38(4)33(44)30(37-27)36-24-15-13-23(14-16-24)31(42)39-19-17-25(41)18-20-39/h5-16,21H,17-20H2,1-4H3,(H,36,37). The Morgan fingerprint density at radius 2 is 1.55 bits per heavy atom. The molecule has 10 heteroatoms. The van der Waals surface area contributed by atoms with Gasteiger partial charge in [-0.25, -0.2) is 9.37 Å². The Bertz CT molecular complexity index is 1770. The number of likely N-dealkylation sites (tertiary alicyclic amines) is 1. The summed E-state index contributed by atoms with van der Waals surface area (Å²) < 4.78 is 17.6. The van der Waals surface area contributed by atoms with Crippen LogP contribution in [0.1, 0.15) is 54.3 Å². The summed E-state index contributed by atoms with van der Waals surface area (Å²) in [6.45, 7) is 6.29. The first-order chi connectivity index (χ1) is 20.9. The van der Waals surface area contributed by atoms with Crippen LogP contribution in [-0.4, -0.2) is 50.7 Å². The number of anilines is 3. The molecule has 1 aromatic heterocycles. The SMILES string of the molecule is Cn1cc(-c2cccc(N(C(=O)c3ccccc3)C(C)(C)C)c2F)nc(Nc2ccc(C(=O)N3CCC(=O)CC3)cc2)c1=O. The van der Waals surface area contributed by atoms with Crippen LogP contribution in [0.5, 0.6) is 0 Å². The zero-order valence-electron chi connectivity index (χ0n) is 25.1. The molecule has 0 radical (unpaired) electrons. The molecule has 44 heavy (non-hydrogen) atoms. The molecule has 4 aromatic rings. The van der Waals surface area contributed by atoms with E-state index in [9.17, 15) is 19.2 Å². The van der Waals surface area contributed by atoms with Gasteiger partial charge >= 0.3 is 0 Å². The number of amides is 2. The predicted molar refractivity (Wildman–Crippen MR) is 168 cm³/mol. The van der Waals surface area contributed by atoms with Crippen molar-refractivity contribution >= 4 is 34.8 Å². The van der Waals surface area contributed by atoms with Crippen molar-refractivity contribution in [3.05, 3.63) is 106 Å². The van der Waals surface area contributed by atoms with E-state index in [2.05, 4.69) is 10.3 Å². The zero-order chi connectivity index (χ0) is 31.6. The molecule has 2 heterocycles. The van der Waals surface area contributed by atoms with Crippen LogP contribution in [0.25, 0.3) is 11.3 Å². The summed E-state index contributed by atoms with van der Waals surface area (Å²) in [6, 6.07) is 20.1. The molecule has 0 bridgehead atoms. The largest absolute Gasteiger partial charge is 0.338 e. The Morgan fingerprint density at radius 3 is 2.18 bits per heavy atom. The second kappa shape index (κ2) is 12.2. The van der Waals surface area contributed by atoms with E-state index in [-0.39, 0.29) is 40.4 Å². The minimum Gasteiger partial charge on any atom is -0.338 e. The van der Waals surface area contributed by atoms with Crippen LogP contribution in [0.3, 0.4) is 0 Å². The number of ketones is 1. The molecular weight excluding hydrogens is 561 g/mol. The maximum atomic E-state index is 16.3. The molecule has 1 saturated heterocycles. The number of carbonyl (C=O) groups is 3. The van der Waals surface area contributed by atoms with Crippen LogP contribution in [0.2, 0.25) is 0 Å². The molecule has 9 nitrogen and oxygen atoms in total. The molecule has 0 saturated carbocycles. The highest BCUT2D eigenvalue weighted by molar-refractivity contribution is 6.07. The van der Waals surface area contributed by atoms with E-state index in [1.807, 2.05) is 26.8 Å². The highest BCUT2D eigenvalue weighted by Crippen LogP contribution is 2.34. The Hall–Kier alpha value is -5.12. The fourth-order valence-electron chi connectivity index (χ4n) is 5.17. The molecule has 1 fully saturated rings. The van der Waals surface area contributed by atoms with Crippen LogP contribution < -0.4 is 15.8 Å². The van der Waals surface area contributed by atoms with Gasteiger partial charge in [-0.3, -0.25) is 19.2 Å². The van der Waals surface area contributed by atoms with Gasteiger partial charge in [0.05, 0.1) is 11.4 Å². The Labute approximate surface area is 255 Å². The minimum atomic E-state index is -0.755. The number of aryl methyl sites for hydroxylation is 1. The van der Waals surface area contributed by atoms with Crippen LogP contribution in [0, 0.1) is 5.82 Å². The van der Waals surface area contributed by atoms with Crippen molar-refractivity contribution in [3.63, 3.8) is 0 Å². The summed E-state index contributed by atoms with van der Waals surface area (Å²) in [5.41, 5.74) is 0.628. The first-order valence-corrected chi connectivity index (χ1v) is 14.4. The number of piperidine rings is 1. The minimum absolute atomic E-state index is 0.0311. The molecule has 0 spiro atoms. The number of carbonyl (C=O) groups excluding carboxylic acids is 3. The number of benzene rings is 3. The smallest absolute Gasteiger partial charge is 0.293 e. The molecule has 0 aliphatic carbocycles. The molecule has 2 amide bonds. The molecule has 1 aliphatic heterocycles. The Morgan fingerprint density at radius 1 is 0.886 bits per heavy atom. The number of rotatable bonds is 6. The van der Waals surface area contributed by atoms with Crippen LogP contribution in [0.4, 0.5) is 21.6 Å². The van der Waals surface area contributed by atoms with Gasteiger partial charge in [0.25, 0.3) is 17.4 Å². The van der Waals surface area contributed by atoms with Crippen molar-refractivity contribution in [2.75, 3.05) is 23.3 Å². The molecule has 0 unspecified atom stereocenters. The summed E-state index contributed by atoms with van der Waals surface area (Å²) in [5, 5.41) is 2.99. The predicted octanol–water partition coefficient (Wildman–Crippen LogP) is 5.58. The van der Waals surface area contributed by atoms with E-state index in [1.165, 1.54) is 15.7 Å². The zero-order valence-corrected chi connectivity index (χ0v) is 25.1. The van der Waals surface area contributed by atoms with Gasteiger partial charge in [-0.15, -0.1) is 0 Å². The van der Waals surface area contributed by atoms with Gasteiger partial charge < -0.3 is 19.7 Å². The van der Waals surface area contributed by atoms with Gasteiger partial charge in [0, 0.05) is 67.1 Å². The maximum absolute atomic E-state index is 16.3. The van der Waals surface area contributed by atoms with Crippen molar-refractivity contribution in [2.24, 2.45) is 7.05 Å². The summed E-state index contributed by atoms with van der Waals surface area (Å²) >= 11 is 0. The number of halogens is 1. The number of nitrogens with one attached hydrogen (secondary N) is 1. The number of hydrogen-bond donors (Lipinski definition) is 1. The van der Waals surface area contributed by atoms with E-state index in [0.717, 1.165) is 0 Å². The van der Waals surface area contributed by atoms with Crippen molar-refractivity contribution in [1.29, 1.82) is 0 Å². The monoisotopic (exact) mass is 595 g/mol. The lowest BCUT2D eigenvalue weighted by molar-refractivity contribution is -0.120. The van der Waals surface area contributed by atoms with E-state index in [4.69, 9.17) is 0 Å². The Kier molecular flexibility index (Phi) is 8.44. The lowest BCUT2D eigenvalue weighted by Gasteiger charge is -2.36. The number of aromatic nitrogens is 2. The van der Waals surface area contributed by atoms with E-state index >= 15 is 4.39 Å². The van der Waals surface area contributed by atoms with Crippen molar-refractivity contribution in [3.8, 4) is 11.3 Å². The van der Waals surface area contributed by atoms with Gasteiger partial charge in [0.2, 0.25) is 0 Å². The van der Waals surface area contributed by atoms with E-state index in [0.29, 0.717) is 42.7 Å².